The maximum atomic E-state index is 14.8. The first-order chi connectivity index (χ1) is 55.1. The molecule has 9 heterocycles. The Morgan fingerprint density at radius 1 is 0.530 bits per heavy atom. The second-order valence-corrected chi connectivity index (χ2v) is 29.1. The van der Waals surface area contributed by atoms with Gasteiger partial charge in [0.25, 0.3) is 5.56 Å². The number of nitrogens with zero attached hydrogens (tertiary/aromatic N) is 5. The van der Waals surface area contributed by atoms with E-state index in [0.29, 0.717) is 75.3 Å². The lowest BCUT2D eigenvalue weighted by Crippen LogP contribution is -2.40. The van der Waals surface area contributed by atoms with Crippen molar-refractivity contribution in [3.63, 3.8) is 0 Å². The van der Waals surface area contributed by atoms with Gasteiger partial charge in [0.2, 0.25) is 12.5 Å². The van der Waals surface area contributed by atoms with Crippen molar-refractivity contribution in [1.29, 1.82) is 0 Å². The van der Waals surface area contributed by atoms with Gasteiger partial charge in [-0.1, -0.05) is 149 Å². The van der Waals surface area contributed by atoms with Crippen LogP contribution in [0.5, 0.6) is 6.01 Å². The summed E-state index contributed by atoms with van der Waals surface area (Å²) in [4.78, 5) is 65.8. The number of esters is 4. The summed E-state index contributed by atoms with van der Waals surface area (Å²) < 4.78 is 166. The van der Waals surface area contributed by atoms with Crippen LogP contribution < -0.4 is 10.3 Å². The van der Waals surface area contributed by atoms with E-state index < -0.39 is 157 Å². The molecule has 10 radical (unpaired) electrons. The first-order valence-corrected chi connectivity index (χ1v) is 40.4. The molecule has 38 heteroatoms. The molecule has 0 aliphatic carbocycles. The van der Waals surface area contributed by atoms with Crippen LogP contribution in [0.3, 0.4) is 0 Å². The molecule has 7 fully saturated rings. The van der Waals surface area contributed by atoms with E-state index in [1.807, 2.05) is 55.1 Å². The van der Waals surface area contributed by atoms with Gasteiger partial charge in [0.05, 0.1) is 85.8 Å². The number of ether oxygens (including phenoxy) is 12. The molecule has 0 amide bonds. The number of rotatable bonds is 20. The molecule has 5 aromatic rings. The van der Waals surface area contributed by atoms with E-state index in [1.54, 1.807) is 135 Å². The molecule has 614 valence electrons. The van der Waals surface area contributed by atoms with Gasteiger partial charge in [0, 0.05) is 70.8 Å². The summed E-state index contributed by atoms with van der Waals surface area (Å²) in [6, 6.07) is 29.9. The van der Waals surface area contributed by atoms with Gasteiger partial charge in [-0.25, -0.2) is 49.9 Å². The summed E-state index contributed by atoms with van der Waals surface area (Å²) in [5, 5.41) is 2.60. The van der Waals surface area contributed by atoms with Crippen LogP contribution in [0.1, 0.15) is 147 Å². The number of azide groups is 1. The van der Waals surface area contributed by atoms with Crippen LogP contribution in [-0.4, -0.2) is 244 Å². The van der Waals surface area contributed by atoms with Crippen LogP contribution in [0.25, 0.3) is 10.4 Å². The van der Waals surface area contributed by atoms with Crippen LogP contribution >= 0.6 is 24.7 Å². The number of aromatic nitrogens is 2. The van der Waals surface area contributed by atoms with Gasteiger partial charge in [-0.05, 0) is 106 Å². The molecule has 4 aromatic carbocycles. The summed E-state index contributed by atoms with van der Waals surface area (Å²) in [5.41, 5.74) is 9.66. The van der Waals surface area contributed by atoms with Gasteiger partial charge >= 0.3 is 29.9 Å². The topological polar surface area (TPSA) is 272 Å². The average molecular weight is 1690 g/mol. The van der Waals surface area contributed by atoms with E-state index in [2.05, 4.69) is 30.9 Å². The number of carbonyl (C=O) groups is 4. The van der Waals surface area contributed by atoms with E-state index in [4.69, 9.17) is 98.1 Å². The van der Waals surface area contributed by atoms with Gasteiger partial charge in [0.1, 0.15) is 51.4 Å². The molecule has 8 aliphatic heterocycles. The normalized spacial score (nSPS) is 33.5. The fourth-order valence-electron chi connectivity index (χ4n) is 13.2. The second-order valence-electron chi connectivity index (χ2n) is 27.5. The second kappa shape index (κ2) is 47.1. The lowest BCUT2D eigenvalue weighted by atomic mass is 9.50. The number of aryl methyl sites for hydroxylation is 1. The van der Waals surface area contributed by atoms with Crippen LogP contribution in [0.4, 0.5) is 30.7 Å². The monoisotopic (exact) mass is 1690 g/mol. The highest BCUT2D eigenvalue weighted by atomic mass is 79.9. The molecular formula is C77H94B6BrF7N5O18P. The van der Waals surface area contributed by atoms with Gasteiger partial charge in [-0.3, -0.25) is 9.36 Å². The van der Waals surface area contributed by atoms with E-state index in [9.17, 15) is 54.7 Å². The van der Waals surface area contributed by atoms with Crippen molar-refractivity contribution in [2.24, 2.45) is 17.0 Å². The number of halogens is 8. The maximum Gasteiger partial charge on any atom is 0.340 e. The minimum absolute atomic E-state index is 0.0233. The van der Waals surface area contributed by atoms with E-state index in [-0.39, 0.29) is 47.8 Å². The lowest BCUT2D eigenvalue weighted by molar-refractivity contribution is -0.121. The molecule has 29 atom stereocenters. The van der Waals surface area contributed by atoms with E-state index in [0.717, 1.165) is 6.42 Å². The largest absolute Gasteiger partial charge is 0.455 e. The van der Waals surface area contributed by atoms with Gasteiger partial charge in [-0.2, -0.15) is 4.98 Å². The number of hydrogen-bond donors (Lipinski definition) is 0. The van der Waals surface area contributed by atoms with Crippen molar-refractivity contribution in [2.45, 2.75) is 259 Å². The highest BCUT2D eigenvalue weighted by molar-refractivity contribution is 9.09. The summed E-state index contributed by atoms with van der Waals surface area (Å²) in [5.74, 6) is -2.57. The van der Waals surface area contributed by atoms with E-state index >= 15 is 0 Å². The number of carbonyl (C=O) groups excluding carboxylic acids is 4. The highest BCUT2D eigenvalue weighted by Gasteiger charge is 2.53. The molecule has 8 aliphatic rings. The molecule has 23 nitrogen and oxygen atoms in total. The number of hydrogen-bond acceptors (Lipinski definition) is 20. The quantitative estimate of drug-likeness (QED) is 0.00806. The molecule has 0 spiro atoms. The number of alkyl halides is 8. The Bertz CT molecular complexity index is 3820. The fourth-order valence-corrected chi connectivity index (χ4v) is 14.1. The number of benzene rings is 4. The Labute approximate surface area is 682 Å². The number of fused-ring (bicyclic) bond motifs is 4. The van der Waals surface area contributed by atoms with Crippen molar-refractivity contribution >= 4 is 94.1 Å². The third kappa shape index (κ3) is 25.4. The Hall–Kier alpha value is -6.76. The zero-order chi connectivity index (χ0) is 84.3. The van der Waals surface area contributed by atoms with Gasteiger partial charge < -0.3 is 61.4 Å². The van der Waals surface area contributed by atoms with Crippen LogP contribution in [0.2, 0.25) is 0 Å². The average Bonchev–Trinajstić information content (AvgIpc) is 1.62. The van der Waals surface area contributed by atoms with Crippen molar-refractivity contribution in [1.82, 2.24) is 9.55 Å². The predicted molar refractivity (Wildman–Crippen MR) is 423 cm³/mol. The first kappa shape index (κ1) is 95.4. The zero-order valence-corrected chi connectivity index (χ0v) is 67.9. The van der Waals surface area contributed by atoms with Crippen molar-refractivity contribution in [3.8, 4) is 6.01 Å². The zero-order valence-electron chi connectivity index (χ0n) is 65.3. The standard InChI is InChI=1S/C20H19FO5.C13H14BFO3.C13H14BrFO3.C11H13FN2O3.C7H13B2FO2P.C7H12B2FO.C6H9BFN3O/c1-2-15-17(25-18(22)13-9-5-3-6-10-13)16(21)20(24-15)26-19(23)14-11-7-4-8-12-14;2*1-2-9-11(10(15)12(14)17-9)18-13(16)8-6-4-3-5-7-8;1-3-6-8-7(12)10(16-6)14-4-5(2)9(15)13-11(14)17-8;1-4-5(3-11-13-2)12-7(9-8)6(4)10;1-3-5-4(2)6(10)7(9-8)11-5;1-2-3-5(10-11-9)4(8)6(7)12-3/h3-12,15-17,20H,2H2,1H3;2*3-7,9-12H,2H2,1H3;4,6-8,10H,3H2,1-2H3;4-7,13H,3H2,1-2H3;4-7H,3H2,1-2H3;3-6H,2H2,1H3/t15-,16?,17-,20+;2*9-,10?,11-,12-;6-,7?,8-,10-;2*4-,5+,6?,7+;3-,4?,5+,6-/m1111001/s1. The molecular weight excluding hydrogens is 1590 g/mol. The third-order valence-corrected chi connectivity index (χ3v) is 21.0. The molecule has 115 heavy (non-hydrogen) atoms. The summed E-state index contributed by atoms with van der Waals surface area (Å²) >= 11 is 3.08. The van der Waals surface area contributed by atoms with Crippen LogP contribution in [0.15, 0.2) is 137 Å². The Morgan fingerprint density at radius 2 is 0.930 bits per heavy atom. The maximum absolute atomic E-state index is 14.8. The molecule has 7 saturated heterocycles. The smallest absolute Gasteiger partial charge is 0.340 e. The molecule has 0 N–H and O–H groups in total. The summed E-state index contributed by atoms with van der Waals surface area (Å²) in [6.45, 7) is 18.9. The predicted octanol–water partition coefficient (Wildman–Crippen LogP) is 12.3. The molecule has 8 unspecified atom stereocenters. The molecule has 1 aromatic heterocycles. The molecule has 13 rings (SSSR count). The minimum Gasteiger partial charge on any atom is -0.455 e. The van der Waals surface area contributed by atoms with Crippen molar-refractivity contribution in [3.05, 3.63) is 176 Å². The lowest BCUT2D eigenvalue weighted by Gasteiger charge is -2.26. The highest BCUT2D eigenvalue weighted by Crippen LogP contribution is 2.42. The van der Waals surface area contributed by atoms with Crippen LogP contribution in [0, 0.1) is 18.8 Å². The molecule has 2 bridgehead atoms. The van der Waals surface area contributed by atoms with Gasteiger partial charge in [0.15, 0.2) is 49.2 Å². The van der Waals surface area contributed by atoms with Crippen LogP contribution in [-0.2, 0) is 56.6 Å². The van der Waals surface area contributed by atoms with Gasteiger partial charge in [-0.15, -0.1) is 0 Å². The summed E-state index contributed by atoms with van der Waals surface area (Å²) in [6.07, 6.45) is -12.0. The Kier molecular flexibility index (Phi) is 39.1. The Morgan fingerprint density at radius 3 is 1.36 bits per heavy atom. The Balaban J connectivity index is 0.000000189. The van der Waals surface area contributed by atoms with Crippen molar-refractivity contribution in [2.75, 3.05) is 13.3 Å². The van der Waals surface area contributed by atoms with E-state index in [1.165, 1.54) is 25.1 Å². The summed E-state index contributed by atoms with van der Waals surface area (Å²) in [7, 11) is 24.2. The molecule has 0 saturated carbocycles. The minimum atomic E-state index is -1.76. The SMILES string of the molecule is CC[C@H]1O[C@@H](Br)C(F)[C@@H]1OC(=O)c1ccccc1.CC[C@H]1O[C@@H](OC(=O)c2ccccc2)C(F)[C@@H]1OC(=O)c1ccccc1.CC[C@H]1O[C@@H]2C(F)[C@@H]1Oc1nc(=O)c(C)cn12.[B][B][C@@H]1O[C@H](CC)[C@H](C)C1F.[B][B][C@@H]1O[C@H](COPC)[C@H](C)C1F.[B][C@@H]1O[C@H](CC)[C@@H](OC(=O)c2ccccc2)C1F.[B][C@@H]1O[C@H](CC)[C@H](N=[N+]=[N-])C1F. The first-order valence-electron chi connectivity index (χ1n) is 38.0. The fraction of sp³-hybridized carbons (Fsp3) is 0.584. The third-order valence-electron chi connectivity index (χ3n) is 19.9. The van der Waals surface area contributed by atoms with Crippen molar-refractivity contribution < 1.29 is 111 Å².